The summed E-state index contributed by atoms with van der Waals surface area (Å²) in [5.41, 5.74) is 0. The van der Waals surface area contributed by atoms with Crippen molar-refractivity contribution in [2.75, 3.05) is 0 Å². The number of amides is 1. The molecule has 0 aromatic heterocycles. The summed E-state index contributed by atoms with van der Waals surface area (Å²) in [6.45, 7) is 1.63. The molecule has 11 heavy (non-hydrogen) atoms. The molecule has 4 rings (SSSR count). The lowest BCUT2D eigenvalue weighted by atomic mass is 10.1. The molecule has 4 aliphatic carbocycles. The second-order valence-electron chi connectivity index (χ2n) is 4.36. The molecule has 0 aromatic rings. The van der Waals surface area contributed by atoms with Crippen molar-refractivity contribution in [3.63, 3.8) is 0 Å². The van der Waals surface area contributed by atoms with Gasteiger partial charge in [-0.3, -0.25) is 4.79 Å². The minimum absolute atomic E-state index is 0.160. The Hall–Kier alpha value is -0.530. The molecule has 0 aliphatic heterocycles. The predicted molar refractivity (Wildman–Crippen MR) is 40.8 cm³/mol. The van der Waals surface area contributed by atoms with Gasteiger partial charge in [-0.1, -0.05) is 0 Å². The molecular formula is C9H13NO. The Kier molecular flexibility index (Phi) is 0.890. The van der Waals surface area contributed by atoms with Crippen molar-refractivity contribution in [2.24, 2.45) is 23.7 Å². The van der Waals surface area contributed by atoms with E-state index in [1.165, 1.54) is 12.8 Å². The lowest BCUT2D eigenvalue weighted by Crippen LogP contribution is -2.35. The number of hydrogen-bond acceptors (Lipinski definition) is 1. The average molecular weight is 151 g/mol. The molecule has 0 saturated heterocycles. The zero-order chi connectivity index (χ0) is 7.59. The molecule has 3 unspecified atom stereocenters. The van der Waals surface area contributed by atoms with Crippen molar-refractivity contribution >= 4 is 5.91 Å². The maximum absolute atomic E-state index is 10.8. The van der Waals surface area contributed by atoms with Crippen LogP contribution >= 0.6 is 0 Å². The molecule has 0 radical (unpaired) electrons. The van der Waals surface area contributed by atoms with Gasteiger partial charge < -0.3 is 5.32 Å². The van der Waals surface area contributed by atoms with Crippen molar-refractivity contribution in [3.05, 3.63) is 0 Å². The first kappa shape index (κ1) is 6.04. The van der Waals surface area contributed by atoms with E-state index in [0.29, 0.717) is 6.04 Å². The van der Waals surface area contributed by atoms with Crippen molar-refractivity contribution in [1.82, 2.24) is 5.32 Å². The van der Waals surface area contributed by atoms with Crippen LogP contribution in [0, 0.1) is 23.7 Å². The summed E-state index contributed by atoms with van der Waals surface area (Å²) in [5.74, 6) is 3.92. The normalized spacial score (nSPS) is 56.3. The fourth-order valence-electron chi connectivity index (χ4n) is 3.52. The summed E-state index contributed by atoms with van der Waals surface area (Å²) in [6, 6.07) is 0.572. The number of carbonyl (C=O) groups is 1. The molecule has 2 nitrogen and oxygen atoms in total. The molecule has 1 N–H and O–H groups in total. The zero-order valence-electron chi connectivity index (χ0n) is 6.71. The summed E-state index contributed by atoms with van der Waals surface area (Å²) < 4.78 is 0. The topological polar surface area (TPSA) is 29.1 Å². The highest BCUT2D eigenvalue weighted by molar-refractivity contribution is 5.73. The fraction of sp³-hybridized carbons (Fsp3) is 0.889. The van der Waals surface area contributed by atoms with Crippen LogP contribution in [0.4, 0.5) is 0 Å². The summed E-state index contributed by atoms with van der Waals surface area (Å²) in [5, 5.41) is 3.09. The first-order chi connectivity index (χ1) is 5.27. The first-order valence-electron chi connectivity index (χ1n) is 4.54. The van der Waals surface area contributed by atoms with E-state index in [0.717, 1.165) is 23.7 Å². The van der Waals surface area contributed by atoms with Crippen LogP contribution in [0.5, 0.6) is 0 Å². The van der Waals surface area contributed by atoms with Crippen molar-refractivity contribution < 1.29 is 4.79 Å². The maximum atomic E-state index is 10.8. The monoisotopic (exact) mass is 151 g/mol. The van der Waals surface area contributed by atoms with Gasteiger partial charge in [-0.25, -0.2) is 0 Å². The van der Waals surface area contributed by atoms with Crippen molar-refractivity contribution in [2.45, 2.75) is 25.8 Å². The van der Waals surface area contributed by atoms with E-state index >= 15 is 0 Å². The Morgan fingerprint density at radius 3 is 2.36 bits per heavy atom. The van der Waals surface area contributed by atoms with Gasteiger partial charge in [-0.15, -0.1) is 0 Å². The van der Waals surface area contributed by atoms with Crippen LogP contribution in [0.1, 0.15) is 19.8 Å². The fourth-order valence-corrected chi connectivity index (χ4v) is 3.52. The molecular weight excluding hydrogens is 138 g/mol. The molecule has 4 fully saturated rings. The van der Waals surface area contributed by atoms with E-state index in [1.807, 2.05) is 0 Å². The Balaban J connectivity index is 1.77. The minimum Gasteiger partial charge on any atom is -0.353 e. The van der Waals surface area contributed by atoms with Gasteiger partial charge in [0.25, 0.3) is 0 Å². The molecule has 0 heterocycles. The third kappa shape index (κ3) is 0.608. The van der Waals surface area contributed by atoms with Crippen molar-refractivity contribution in [1.29, 1.82) is 0 Å². The average Bonchev–Trinajstić information content (AvgIpc) is 2.30. The first-order valence-corrected chi connectivity index (χ1v) is 4.54. The van der Waals surface area contributed by atoms with Crippen LogP contribution in [-0.2, 0) is 4.79 Å². The highest BCUT2D eigenvalue weighted by atomic mass is 16.1. The second kappa shape index (κ2) is 1.62. The number of hydrogen-bond donors (Lipinski definition) is 1. The standard InChI is InChI=1S/C9H13NO/c1-4(11)10-9-5-2-6-7(3-5)8(6)9/h5-9H,2-3H2,1H3,(H,10,11)/t5?,6-,7?,8?,9-/m0/s1. The van der Waals surface area contributed by atoms with Gasteiger partial charge in [0, 0.05) is 13.0 Å². The predicted octanol–water partition coefficient (Wildman–Crippen LogP) is 0.777. The molecule has 1 amide bonds. The molecule has 0 spiro atoms. The van der Waals surface area contributed by atoms with Gasteiger partial charge in [0.1, 0.15) is 0 Å². The number of rotatable bonds is 1. The summed E-state index contributed by atoms with van der Waals surface area (Å²) in [7, 11) is 0. The van der Waals surface area contributed by atoms with E-state index in [1.54, 1.807) is 6.92 Å². The lowest BCUT2D eigenvalue weighted by Gasteiger charge is -2.14. The highest BCUT2D eigenvalue weighted by Crippen LogP contribution is 2.70. The van der Waals surface area contributed by atoms with Crippen LogP contribution in [0.3, 0.4) is 0 Å². The third-order valence-corrected chi connectivity index (χ3v) is 3.84. The quantitative estimate of drug-likeness (QED) is 0.589. The van der Waals surface area contributed by atoms with E-state index < -0.39 is 0 Å². The summed E-state index contributed by atoms with van der Waals surface area (Å²) in [6.07, 6.45) is 2.81. The van der Waals surface area contributed by atoms with E-state index in [2.05, 4.69) is 5.32 Å². The van der Waals surface area contributed by atoms with Gasteiger partial charge in [-0.05, 0) is 36.5 Å². The highest BCUT2D eigenvalue weighted by Gasteiger charge is 2.68. The number of nitrogens with one attached hydrogen (secondary N) is 1. The molecule has 60 valence electrons. The summed E-state index contributed by atoms with van der Waals surface area (Å²) >= 11 is 0. The molecule has 4 saturated carbocycles. The van der Waals surface area contributed by atoms with Gasteiger partial charge in [-0.2, -0.15) is 0 Å². The largest absolute Gasteiger partial charge is 0.353 e. The Morgan fingerprint density at radius 1 is 1.36 bits per heavy atom. The minimum atomic E-state index is 0.160. The van der Waals surface area contributed by atoms with Crippen molar-refractivity contribution in [3.8, 4) is 0 Å². The van der Waals surface area contributed by atoms with E-state index in [-0.39, 0.29) is 5.91 Å². The lowest BCUT2D eigenvalue weighted by molar-refractivity contribution is -0.119. The maximum Gasteiger partial charge on any atom is 0.217 e. The second-order valence-corrected chi connectivity index (χ2v) is 4.36. The Labute approximate surface area is 66.4 Å². The molecule has 0 aromatic carbocycles. The van der Waals surface area contributed by atoms with Crippen LogP contribution in [0.15, 0.2) is 0 Å². The van der Waals surface area contributed by atoms with Crippen LogP contribution < -0.4 is 5.32 Å². The Morgan fingerprint density at radius 2 is 2.00 bits per heavy atom. The zero-order valence-corrected chi connectivity index (χ0v) is 6.71. The molecule has 4 aliphatic rings. The Bertz CT molecular complexity index is 212. The van der Waals surface area contributed by atoms with Gasteiger partial charge in [0.05, 0.1) is 0 Å². The smallest absolute Gasteiger partial charge is 0.217 e. The third-order valence-electron chi connectivity index (χ3n) is 3.84. The molecule has 2 heteroatoms. The van der Waals surface area contributed by atoms with Gasteiger partial charge in [0.2, 0.25) is 5.91 Å². The SMILES string of the molecule is CC(=O)N[C@H]1C2CC3C1[C@H]3C2. The summed E-state index contributed by atoms with van der Waals surface area (Å²) in [4.78, 5) is 10.8. The van der Waals surface area contributed by atoms with Crippen LogP contribution in [0.25, 0.3) is 0 Å². The van der Waals surface area contributed by atoms with Crippen LogP contribution in [-0.4, -0.2) is 11.9 Å². The number of carbonyl (C=O) groups excluding carboxylic acids is 1. The molecule has 4 bridgehead atoms. The van der Waals surface area contributed by atoms with Gasteiger partial charge >= 0.3 is 0 Å². The van der Waals surface area contributed by atoms with E-state index in [4.69, 9.17) is 0 Å². The van der Waals surface area contributed by atoms with E-state index in [9.17, 15) is 4.79 Å². The van der Waals surface area contributed by atoms with Gasteiger partial charge in [0.15, 0.2) is 0 Å². The van der Waals surface area contributed by atoms with Crippen LogP contribution in [0.2, 0.25) is 0 Å². The molecule has 5 atom stereocenters.